The van der Waals surface area contributed by atoms with Gasteiger partial charge in [0.2, 0.25) is 11.8 Å². The van der Waals surface area contributed by atoms with E-state index < -0.39 is 5.41 Å². The molecule has 1 saturated carbocycles. The van der Waals surface area contributed by atoms with E-state index in [1.165, 1.54) is 0 Å². The van der Waals surface area contributed by atoms with Gasteiger partial charge in [-0.3, -0.25) is 9.59 Å². The summed E-state index contributed by atoms with van der Waals surface area (Å²) in [6.45, 7) is 0.596. The van der Waals surface area contributed by atoms with E-state index in [-0.39, 0.29) is 23.8 Å². The fraction of sp³-hybridized carbons (Fsp3) is 0.391. The largest absolute Gasteiger partial charge is 0.497 e. The third-order valence-electron chi connectivity index (χ3n) is 6.73. The first-order valence-electron chi connectivity index (χ1n) is 10.0. The molecule has 0 bridgehead atoms. The van der Waals surface area contributed by atoms with Crippen LogP contribution in [0.5, 0.6) is 5.75 Å². The van der Waals surface area contributed by atoms with E-state index in [1.807, 2.05) is 53.4 Å². The lowest BCUT2D eigenvalue weighted by molar-refractivity contribution is -0.140. The van der Waals surface area contributed by atoms with E-state index in [0.29, 0.717) is 13.0 Å². The number of anilines is 1. The van der Waals surface area contributed by atoms with Crippen molar-refractivity contribution in [2.45, 2.75) is 37.1 Å². The van der Waals surface area contributed by atoms with Crippen molar-refractivity contribution in [3.8, 4) is 5.75 Å². The van der Waals surface area contributed by atoms with Crippen LogP contribution in [0, 0.1) is 5.92 Å². The lowest BCUT2D eigenvalue weighted by atomic mass is 9.72. The van der Waals surface area contributed by atoms with Crippen molar-refractivity contribution in [2.75, 3.05) is 19.0 Å². The Morgan fingerprint density at radius 1 is 1.18 bits per heavy atom. The molecule has 28 heavy (non-hydrogen) atoms. The number of nitrogens with one attached hydrogen (secondary N) is 1. The number of benzene rings is 2. The van der Waals surface area contributed by atoms with Crippen molar-refractivity contribution in [1.82, 2.24) is 4.90 Å². The van der Waals surface area contributed by atoms with E-state index in [9.17, 15) is 9.59 Å². The van der Waals surface area contributed by atoms with Crippen LogP contribution in [0.2, 0.25) is 0 Å². The number of hydrogen-bond donors (Lipinski definition) is 1. The lowest BCUT2D eigenvalue weighted by Crippen LogP contribution is -2.45. The summed E-state index contributed by atoms with van der Waals surface area (Å²) in [5.74, 6) is 1.02. The van der Waals surface area contributed by atoms with Gasteiger partial charge in [0.15, 0.2) is 0 Å². The Kier molecular flexibility index (Phi) is 3.93. The Morgan fingerprint density at radius 3 is 2.75 bits per heavy atom. The minimum absolute atomic E-state index is 0.00886. The SMILES string of the molecule is COc1cccc([C@@H]2N(C(=O)C3CCC3)CC[C@]23C(=O)Nc2ccccc23)c1. The number of methoxy groups -OCH3 is 1. The van der Waals surface area contributed by atoms with E-state index in [2.05, 4.69) is 5.32 Å². The number of ether oxygens (including phenoxy) is 1. The van der Waals surface area contributed by atoms with Crippen molar-refractivity contribution in [3.63, 3.8) is 0 Å². The van der Waals surface area contributed by atoms with Crippen LogP contribution in [0.4, 0.5) is 5.69 Å². The second kappa shape index (κ2) is 6.36. The number of para-hydroxylation sites is 1. The molecular formula is C23H24N2O3. The fourth-order valence-corrected chi connectivity index (χ4v) is 5.09. The van der Waals surface area contributed by atoms with Gasteiger partial charge in [0, 0.05) is 18.2 Å². The van der Waals surface area contributed by atoms with E-state index in [0.717, 1.165) is 41.8 Å². The van der Waals surface area contributed by atoms with Crippen LogP contribution in [-0.4, -0.2) is 30.4 Å². The maximum atomic E-state index is 13.3. The van der Waals surface area contributed by atoms with E-state index in [4.69, 9.17) is 4.74 Å². The second-order valence-electron chi connectivity index (χ2n) is 8.06. The number of carbonyl (C=O) groups excluding carboxylic acids is 2. The van der Waals surface area contributed by atoms with Gasteiger partial charge in [0.1, 0.15) is 11.2 Å². The molecule has 0 aromatic heterocycles. The summed E-state index contributed by atoms with van der Waals surface area (Å²) in [5.41, 5.74) is 2.06. The molecule has 5 rings (SSSR count). The summed E-state index contributed by atoms with van der Waals surface area (Å²) in [7, 11) is 1.64. The standard InChI is InChI=1S/C23H24N2O3/c1-28-17-9-5-8-16(14-17)20-23(12-13-25(20)21(26)15-6-4-7-15)18-10-2-3-11-19(18)24-22(23)27/h2-3,5,8-11,14-15,20H,4,6-7,12-13H2,1H3,(H,24,27)/t20-,23+/m0/s1. The predicted molar refractivity (Wildman–Crippen MR) is 106 cm³/mol. The van der Waals surface area contributed by atoms with Crippen LogP contribution >= 0.6 is 0 Å². The first kappa shape index (κ1) is 17.3. The number of amides is 2. The van der Waals surface area contributed by atoms with Gasteiger partial charge in [0.05, 0.1) is 13.2 Å². The Balaban J connectivity index is 1.66. The summed E-state index contributed by atoms with van der Waals surface area (Å²) in [5, 5.41) is 3.07. The molecule has 1 N–H and O–H groups in total. The van der Waals surface area contributed by atoms with Gasteiger partial charge in [-0.1, -0.05) is 36.8 Å². The Hall–Kier alpha value is -2.82. The normalized spacial score (nSPS) is 26.1. The molecule has 2 aliphatic heterocycles. The van der Waals surface area contributed by atoms with Gasteiger partial charge >= 0.3 is 0 Å². The van der Waals surface area contributed by atoms with Crippen molar-refractivity contribution in [3.05, 3.63) is 59.7 Å². The third-order valence-corrected chi connectivity index (χ3v) is 6.73. The number of fused-ring (bicyclic) bond motifs is 2. The lowest BCUT2D eigenvalue weighted by Gasteiger charge is -2.37. The molecule has 2 atom stereocenters. The third kappa shape index (κ3) is 2.32. The highest BCUT2D eigenvalue weighted by Gasteiger charge is 2.59. The fourth-order valence-electron chi connectivity index (χ4n) is 5.09. The van der Waals surface area contributed by atoms with E-state index in [1.54, 1.807) is 7.11 Å². The van der Waals surface area contributed by atoms with Crippen LogP contribution < -0.4 is 10.1 Å². The van der Waals surface area contributed by atoms with Crippen LogP contribution in [0.3, 0.4) is 0 Å². The van der Waals surface area contributed by atoms with Gasteiger partial charge in [-0.2, -0.15) is 0 Å². The average molecular weight is 376 g/mol. The molecule has 2 amide bonds. The van der Waals surface area contributed by atoms with Gasteiger partial charge in [-0.25, -0.2) is 0 Å². The van der Waals surface area contributed by atoms with Gasteiger partial charge in [0.25, 0.3) is 0 Å². The van der Waals surface area contributed by atoms with Crippen LogP contribution in [0.15, 0.2) is 48.5 Å². The molecule has 2 aromatic carbocycles. The predicted octanol–water partition coefficient (Wildman–Crippen LogP) is 3.66. The summed E-state index contributed by atoms with van der Waals surface area (Å²) < 4.78 is 5.43. The van der Waals surface area contributed by atoms with Crippen LogP contribution in [0.25, 0.3) is 0 Å². The smallest absolute Gasteiger partial charge is 0.237 e. The molecule has 5 nitrogen and oxygen atoms in total. The number of likely N-dealkylation sites (tertiary alicyclic amines) is 1. The van der Waals surface area contributed by atoms with Gasteiger partial charge < -0.3 is 15.0 Å². The zero-order valence-electron chi connectivity index (χ0n) is 16.0. The Morgan fingerprint density at radius 2 is 2.00 bits per heavy atom. The molecule has 144 valence electrons. The maximum Gasteiger partial charge on any atom is 0.237 e. The van der Waals surface area contributed by atoms with Crippen LogP contribution in [0.1, 0.15) is 42.9 Å². The molecule has 1 saturated heterocycles. The number of hydrogen-bond acceptors (Lipinski definition) is 3. The monoisotopic (exact) mass is 376 g/mol. The molecule has 5 heteroatoms. The molecule has 1 aliphatic carbocycles. The number of rotatable bonds is 3. The molecule has 0 radical (unpaired) electrons. The quantitative estimate of drug-likeness (QED) is 0.889. The van der Waals surface area contributed by atoms with E-state index >= 15 is 0 Å². The summed E-state index contributed by atoms with van der Waals surface area (Å²) >= 11 is 0. The highest BCUT2D eigenvalue weighted by Crippen LogP contribution is 2.55. The van der Waals surface area contributed by atoms with Crippen molar-refractivity contribution >= 4 is 17.5 Å². The van der Waals surface area contributed by atoms with Crippen molar-refractivity contribution in [1.29, 1.82) is 0 Å². The summed E-state index contributed by atoms with van der Waals surface area (Å²) in [4.78, 5) is 28.6. The molecule has 2 heterocycles. The highest BCUT2D eigenvalue weighted by molar-refractivity contribution is 6.07. The molecule has 2 fully saturated rings. The molecule has 1 spiro atoms. The van der Waals surface area contributed by atoms with Gasteiger partial charge in [-0.05, 0) is 48.6 Å². The van der Waals surface area contributed by atoms with Crippen LogP contribution in [-0.2, 0) is 15.0 Å². The highest BCUT2D eigenvalue weighted by atomic mass is 16.5. The molecule has 2 aromatic rings. The summed E-state index contributed by atoms with van der Waals surface area (Å²) in [6, 6.07) is 15.4. The van der Waals surface area contributed by atoms with Gasteiger partial charge in [-0.15, -0.1) is 0 Å². The minimum Gasteiger partial charge on any atom is -0.497 e. The molecule has 0 unspecified atom stereocenters. The van der Waals surface area contributed by atoms with Crippen molar-refractivity contribution in [2.24, 2.45) is 5.92 Å². The second-order valence-corrected chi connectivity index (χ2v) is 8.06. The van der Waals surface area contributed by atoms with Crippen molar-refractivity contribution < 1.29 is 14.3 Å². The molecular weight excluding hydrogens is 352 g/mol. The summed E-state index contributed by atoms with van der Waals surface area (Å²) in [6.07, 6.45) is 3.66. The first-order chi connectivity index (χ1) is 13.6. The maximum absolute atomic E-state index is 13.3. The first-order valence-corrected chi connectivity index (χ1v) is 10.0. The zero-order chi connectivity index (χ0) is 19.3. The molecule has 3 aliphatic rings. The average Bonchev–Trinajstić information content (AvgIpc) is 3.20. The minimum atomic E-state index is -0.748. The zero-order valence-corrected chi connectivity index (χ0v) is 16.0. The number of nitrogens with zero attached hydrogens (tertiary/aromatic N) is 1. The topological polar surface area (TPSA) is 58.6 Å². The number of carbonyl (C=O) groups is 2. The Bertz CT molecular complexity index is 952. The Labute approximate surface area is 164 Å².